The second-order valence-electron chi connectivity index (χ2n) is 9.32. The fourth-order valence-corrected chi connectivity index (χ4v) is 5.48. The van der Waals surface area contributed by atoms with Crippen molar-refractivity contribution < 1.29 is 18.7 Å². The summed E-state index contributed by atoms with van der Waals surface area (Å²) >= 11 is 1.35. The fraction of sp³-hybridized carbons (Fsp3) is 0.129. The molecule has 0 spiro atoms. The Morgan fingerprint density at radius 2 is 1.80 bits per heavy atom. The topological polar surface area (TPSA) is 78.3 Å². The summed E-state index contributed by atoms with van der Waals surface area (Å²) in [4.78, 5) is 17.7. The van der Waals surface area contributed by atoms with Crippen molar-refractivity contribution in [3.63, 3.8) is 0 Å². The minimum atomic E-state index is -0.530. The molecule has 7 nitrogen and oxygen atoms in total. The maximum Gasteiger partial charge on any atom is 0.280 e. The molecule has 0 unspecified atom stereocenters. The smallest absolute Gasteiger partial charge is 0.280 e. The summed E-state index contributed by atoms with van der Waals surface area (Å²) in [5.41, 5.74) is 3.25. The summed E-state index contributed by atoms with van der Waals surface area (Å²) in [5, 5.41) is 8.81. The average molecular weight is 553 g/mol. The van der Waals surface area contributed by atoms with E-state index in [2.05, 4.69) is 15.4 Å². The van der Waals surface area contributed by atoms with Crippen molar-refractivity contribution in [1.82, 2.24) is 20.1 Å². The van der Waals surface area contributed by atoms with Crippen molar-refractivity contribution in [2.24, 2.45) is 0 Å². The molecular formula is C31H25FN4O3S. The molecule has 2 heterocycles. The van der Waals surface area contributed by atoms with Crippen LogP contribution in [-0.4, -0.2) is 33.8 Å². The molecule has 0 saturated heterocycles. The first-order valence-electron chi connectivity index (χ1n) is 12.7. The fourth-order valence-electron chi connectivity index (χ4n) is 4.61. The lowest BCUT2D eigenvalue weighted by molar-refractivity contribution is 0.0881. The number of thiazole rings is 1. The molecule has 0 radical (unpaired) electrons. The number of para-hydroxylation sites is 1. The third-order valence-electron chi connectivity index (χ3n) is 6.60. The Labute approximate surface area is 233 Å². The molecule has 0 aliphatic rings. The number of benzene rings is 4. The van der Waals surface area contributed by atoms with Gasteiger partial charge in [-0.15, -0.1) is 11.3 Å². The maximum absolute atomic E-state index is 13.4. The van der Waals surface area contributed by atoms with Crippen LogP contribution < -0.4 is 14.8 Å². The van der Waals surface area contributed by atoms with Gasteiger partial charge in [-0.3, -0.25) is 4.79 Å². The standard InChI is InChI=1S/C31H25FN4O3S/c1-19(34-30(37)31-35-26-8-3-4-9-28(26)40-31)29(20-6-5-7-24(16-20)38-2)39-25-14-15-27-21(17-25)18-33-36(27)23-12-10-22(32)11-13-23/h3-19,29H,1-2H3,(H,34,37)/t19-,29+/m0/s1. The third-order valence-corrected chi connectivity index (χ3v) is 7.63. The number of hydrogen-bond acceptors (Lipinski definition) is 6. The van der Waals surface area contributed by atoms with Crippen LogP contribution in [0.25, 0.3) is 26.8 Å². The minimum absolute atomic E-state index is 0.263. The van der Waals surface area contributed by atoms with Gasteiger partial charge in [0, 0.05) is 5.39 Å². The second kappa shape index (κ2) is 10.8. The molecule has 2 atom stereocenters. The zero-order valence-corrected chi connectivity index (χ0v) is 22.6. The summed E-state index contributed by atoms with van der Waals surface area (Å²) in [7, 11) is 1.61. The Kier molecular flexibility index (Phi) is 6.88. The summed E-state index contributed by atoms with van der Waals surface area (Å²) in [5.74, 6) is 0.733. The molecule has 2 aromatic heterocycles. The van der Waals surface area contributed by atoms with Gasteiger partial charge in [-0.05, 0) is 79.2 Å². The van der Waals surface area contributed by atoms with E-state index in [1.54, 1.807) is 30.1 Å². The van der Waals surface area contributed by atoms with Gasteiger partial charge in [0.25, 0.3) is 5.91 Å². The first-order valence-corrected chi connectivity index (χ1v) is 13.5. The number of halogens is 1. The summed E-state index contributed by atoms with van der Waals surface area (Å²) < 4.78 is 28.1. The van der Waals surface area contributed by atoms with Gasteiger partial charge in [-0.25, -0.2) is 14.1 Å². The first-order chi connectivity index (χ1) is 19.5. The maximum atomic E-state index is 13.4. The number of amides is 1. The number of nitrogens with one attached hydrogen (secondary N) is 1. The predicted molar refractivity (Wildman–Crippen MR) is 154 cm³/mol. The molecule has 200 valence electrons. The minimum Gasteiger partial charge on any atom is -0.497 e. The quantitative estimate of drug-likeness (QED) is 0.227. The van der Waals surface area contributed by atoms with Gasteiger partial charge in [0.15, 0.2) is 5.01 Å². The van der Waals surface area contributed by atoms with E-state index in [4.69, 9.17) is 9.47 Å². The number of methoxy groups -OCH3 is 1. The predicted octanol–water partition coefficient (Wildman–Crippen LogP) is 6.72. The largest absolute Gasteiger partial charge is 0.497 e. The molecule has 6 aromatic rings. The molecule has 1 N–H and O–H groups in total. The van der Waals surface area contributed by atoms with Gasteiger partial charge in [0.05, 0.1) is 40.8 Å². The van der Waals surface area contributed by atoms with Gasteiger partial charge >= 0.3 is 0 Å². The lowest BCUT2D eigenvalue weighted by Crippen LogP contribution is -2.39. The van der Waals surface area contributed by atoms with Crippen LogP contribution in [0.2, 0.25) is 0 Å². The Morgan fingerprint density at radius 1 is 0.975 bits per heavy atom. The number of carbonyl (C=O) groups excluding carboxylic acids is 1. The highest BCUT2D eigenvalue weighted by Crippen LogP contribution is 2.31. The van der Waals surface area contributed by atoms with Crippen molar-refractivity contribution >= 4 is 38.4 Å². The Hall–Kier alpha value is -4.76. The van der Waals surface area contributed by atoms with E-state index in [-0.39, 0.29) is 11.7 Å². The first kappa shape index (κ1) is 25.5. The van der Waals surface area contributed by atoms with Crippen molar-refractivity contribution in [2.75, 3.05) is 7.11 Å². The normalized spacial score (nSPS) is 12.8. The van der Waals surface area contributed by atoms with E-state index in [1.165, 1.54) is 23.5 Å². The zero-order chi connectivity index (χ0) is 27.6. The van der Waals surface area contributed by atoms with Gasteiger partial charge < -0.3 is 14.8 Å². The van der Waals surface area contributed by atoms with Crippen LogP contribution in [-0.2, 0) is 0 Å². The van der Waals surface area contributed by atoms with E-state index in [9.17, 15) is 9.18 Å². The van der Waals surface area contributed by atoms with Crippen molar-refractivity contribution in [1.29, 1.82) is 0 Å². The summed E-state index contributed by atoms with van der Waals surface area (Å²) in [6.45, 7) is 1.90. The van der Waals surface area contributed by atoms with Crippen molar-refractivity contribution in [2.45, 2.75) is 19.1 Å². The van der Waals surface area contributed by atoms with Crippen LogP contribution in [0.15, 0.2) is 97.2 Å². The monoisotopic (exact) mass is 552 g/mol. The van der Waals surface area contributed by atoms with Crippen molar-refractivity contribution in [3.8, 4) is 17.2 Å². The molecule has 0 fully saturated rings. The number of aromatic nitrogens is 3. The Morgan fingerprint density at radius 3 is 2.60 bits per heavy atom. The lowest BCUT2D eigenvalue weighted by atomic mass is 10.0. The molecule has 0 aliphatic heterocycles. The number of hydrogen-bond donors (Lipinski definition) is 1. The van der Waals surface area contributed by atoms with Crippen LogP contribution in [0.1, 0.15) is 28.4 Å². The highest BCUT2D eigenvalue weighted by atomic mass is 32.1. The molecule has 0 saturated carbocycles. The van der Waals surface area contributed by atoms with Crippen LogP contribution >= 0.6 is 11.3 Å². The van der Waals surface area contributed by atoms with E-state index >= 15 is 0 Å². The highest BCUT2D eigenvalue weighted by molar-refractivity contribution is 7.20. The molecular weight excluding hydrogens is 527 g/mol. The van der Waals surface area contributed by atoms with Crippen LogP contribution in [0.3, 0.4) is 0 Å². The lowest BCUT2D eigenvalue weighted by Gasteiger charge is -2.26. The van der Waals surface area contributed by atoms with Gasteiger partial charge in [0.1, 0.15) is 23.4 Å². The molecule has 4 aromatic carbocycles. The molecule has 1 amide bonds. The zero-order valence-electron chi connectivity index (χ0n) is 21.7. The SMILES string of the molecule is COc1cccc([C@H](Oc2ccc3c(cnn3-c3ccc(F)cc3)c2)[C@H](C)NC(=O)c2nc3ccccc3s2)c1. The van der Waals surface area contributed by atoms with Crippen LogP contribution in [0.5, 0.6) is 11.5 Å². The van der Waals surface area contributed by atoms with Crippen LogP contribution in [0.4, 0.5) is 4.39 Å². The van der Waals surface area contributed by atoms with Crippen molar-refractivity contribution in [3.05, 3.63) is 114 Å². The average Bonchev–Trinajstić information content (AvgIpc) is 3.61. The Balaban J connectivity index is 1.29. The molecule has 40 heavy (non-hydrogen) atoms. The number of fused-ring (bicyclic) bond motifs is 2. The van der Waals surface area contributed by atoms with Crippen LogP contribution in [0, 0.1) is 5.82 Å². The van der Waals surface area contributed by atoms with E-state index < -0.39 is 12.1 Å². The summed E-state index contributed by atoms with van der Waals surface area (Å²) in [6.07, 6.45) is 1.21. The number of carbonyl (C=O) groups is 1. The van der Waals surface area contributed by atoms with E-state index in [1.807, 2.05) is 73.7 Å². The molecule has 0 aliphatic carbocycles. The molecule has 0 bridgehead atoms. The van der Waals surface area contributed by atoms with Gasteiger partial charge in [0.2, 0.25) is 0 Å². The summed E-state index contributed by atoms with van der Waals surface area (Å²) in [6, 6.07) is 26.7. The highest BCUT2D eigenvalue weighted by Gasteiger charge is 2.26. The van der Waals surface area contributed by atoms with E-state index in [0.29, 0.717) is 16.5 Å². The number of ether oxygens (including phenoxy) is 2. The van der Waals surface area contributed by atoms with Gasteiger partial charge in [-0.2, -0.15) is 5.10 Å². The molecule has 6 rings (SSSR count). The van der Waals surface area contributed by atoms with Gasteiger partial charge in [-0.1, -0.05) is 24.3 Å². The number of rotatable bonds is 8. The molecule has 9 heteroatoms. The number of nitrogens with zero attached hydrogens (tertiary/aromatic N) is 3. The Bertz CT molecular complexity index is 1780. The third kappa shape index (κ3) is 5.11. The second-order valence-corrected chi connectivity index (χ2v) is 10.3. The van der Waals surface area contributed by atoms with E-state index in [0.717, 1.165) is 32.4 Å².